The number of hydrogen-bond donors (Lipinski definition) is 9. The predicted molar refractivity (Wildman–Crippen MR) is 76.0 cm³/mol. The van der Waals surface area contributed by atoms with E-state index in [9.17, 15) is 40.5 Å². The van der Waals surface area contributed by atoms with Crippen molar-refractivity contribution in [3.8, 4) is 0 Å². The van der Waals surface area contributed by atoms with Crippen LogP contribution in [0.3, 0.4) is 0 Å². The highest BCUT2D eigenvalue weighted by Gasteiger charge is 2.47. The van der Waals surface area contributed by atoms with Crippen LogP contribution in [0.1, 0.15) is 6.92 Å². The summed E-state index contributed by atoms with van der Waals surface area (Å²) in [6.45, 7) is 0.322. The number of carboxylic acid groups (broad SMARTS) is 1. The van der Waals surface area contributed by atoms with E-state index in [0.29, 0.717) is 0 Å². The van der Waals surface area contributed by atoms with Gasteiger partial charge in [0.15, 0.2) is 12.4 Å². The Labute approximate surface area is 142 Å². The molecule has 0 bridgehead atoms. The van der Waals surface area contributed by atoms with Gasteiger partial charge in [-0.15, -0.1) is 0 Å². The third-order valence-corrected chi connectivity index (χ3v) is 3.88. The highest BCUT2D eigenvalue weighted by molar-refractivity contribution is 5.72. The van der Waals surface area contributed by atoms with Crippen molar-refractivity contribution in [2.24, 2.45) is 0 Å². The Morgan fingerprint density at radius 1 is 1.04 bits per heavy atom. The molecule has 1 aliphatic heterocycles. The SMILES string of the molecule is C[C@H](O)[C@@H](O)[C@@H](O[C@@H]1O[C@H](CO)[C@H](O)[C@H](O)[C@H]1O)[C@H](O)[C@@H](O)C(=O)O. The van der Waals surface area contributed by atoms with Gasteiger partial charge in [-0.25, -0.2) is 4.79 Å². The van der Waals surface area contributed by atoms with Gasteiger partial charge in [-0.05, 0) is 6.92 Å². The molecular weight excluding hydrogens is 348 g/mol. The van der Waals surface area contributed by atoms with E-state index in [2.05, 4.69) is 0 Å². The summed E-state index contributed by atoms with van der Waals surface area (Å²) >= 11 is 0. The number of ether oxygens (including phenoxy) is 2. The molecule has 0 radical (unpaired) electrons. The Bertz CT molecular complexity index is 429. The number of rotatable bonds is 8. The lowest BCUT2D eigenvalue weighted by Gasteiger charge is -2.42. The molecule has 0 amide bonds. The van der Waals surface area contributed by atoms with Crippen LogP contribution in [0.25, 0.3) is 0 Å². The average molecular weight is 372 g/mol. The zero-order valence-electron chi connectivity index (χ0n) is 13.2. The van der Waals surface area contributed by atoms with Gasteiger partial charge in [-0.2, -0.15) is 0 Å². The van der Waals surface area contributed by atoms with Crippen LogP contribution in [-0.2, 0) is 14.3 Å². The summed E-state index contributed by atoms with van der Waals surface area (Å²) in [6, 6.07) is 0. The largest absolute Gasteiger partial charge is 0.479 e. The summed E-state index contributed by atoms with van der Waals surface area (Å²) in [4.78, 5) is 10.8. The van der Waals surface area contributed by atoms with Gasteiger partial charge in [0.1, 0.15) is 42.7 Å². The number of aliphatic hydroxyl groups is 8. The second kappa shape index (κ2) is 9.14. The van der Waals surface area contributed by atoms with E-state index < -0.39 is 73.8 Å². The molecule has 0 aromatic carbocycles. The number of carboxylic acids is 1. The second-order valence-corrected chi connectivity index (χ2v) is 5.80. The molecule has 1 rings (SSSR count). The minimum Gasteiger partial charge on any atom is -0.479 e. The smallest absolute Gasteiger partial charge is 0.335 e. The number of aliphatic carboxylic acids is 1. The maximum absolute atomic E-state index is 10.8. The average Bonchev–Trinajstić information content (AvgIpc) is 2.57. The zero-order valence-corrected chi connectivity index (χ0v) is 13.2. The molecule has 1 heterocycles. The van der Waals surface area contributed by atoms with E-state index in [0.717, 1.165) is 6.92 Å². The minimum absolute atomic E-state index is 0.769. The molecule has 12 nitrogen and oxygen atoms in total. The fourth-order valence-electron chi connectivity index (χ4n) is 2.30. The third-order valence-electron chi connectivity index (χ3n) is 3.88. The lowest BCUT2D eigenvalue weighted by atomic mass is 9.97. The topological polar surface area (TPSA) is 218 Å². The molecule has 1 aliphatic rings. The van der Waals surface area contributed by atoms with Crippen molar-refractivity contribution < 1.29 is 60.2 Å². The molecule has 1 saturated heterocycles. The Balaban J connectivity index is 3.01. The van der Waals surface area contributed by atoms with Gasteiger partial charge in [-0.3, -0.25) is 0 Å². The summed E-state index contributed by atoms with van der Waals surface area (Å²) in [5, 5.41) is 85.7. The van der Waals surface area contributed by atoms with E-state index in [1.165, 1.54) is 0 Å². The van der Waals surface area contributed by atoms with Crippen molar-refractivity contribution in [3.63, 3.8) is 0 Å². The molecule has 0 saturated carbocycles. The summed E-state index contributed by atoms with van der Waals surface area (Å²) < 4.78 is 10.1. The van der Waals surface area contributed by atoms with Gasteiger partial charge < -0.3 is 55.4 Å². The van der Waals surface area contributed by atoms with Crippen LogP contribution in [0, 0.1) is 0 Å². The Morgan fingerprint density at radius 3 is 2.04 bits per heavy atom. The molecule has 9 N–H and O–H groups in total. The first-order chi connectivity index (χ1) is 11.5. The monoisotopic (exact) mass is 372 g/mol. The summed E-state index contributed by atoms with van der Waals surface area (Å²) in [5.74, 6) is -1.84. The summed E-state index contributed by atoms with van der Waals surface area (Å²) in [5.41, 5.74) is 0. The van der Waals surface area contributed by atoms with Crippen molar-refractivity contribution in [1.82, 2.24) is 0 Å². The van der Waals surface area contributed by atoms with Crippen LogP contribution in [0.2, 0.25) is 0 Å². The minimum atomic E-state index is -2.40. The Hall–Kier alpha value is -0.930. The highest BCUT2D eigenvalue weighted by Crippen LogP contribution is 2.25. The first-order valence-electron chi connectivity index (χ1n) is 7.44. The molecular formula is C13H24O12. The standard InChI is InChI=1S/C13H24O12/c1-3(15)5(16)11(8(19)9(20)12(22)23)25-13-10(21)7(18)6(17)4(2-14)24-13/h3-11,13-21H,2H2,1H3,(H,22,23)/t3-,4+,5+,6-,7-,8+,9+,10+,11+,13-/m0/s1. The lowest BCUT2D eigenvalue weighted by Crippen LogP contribution is -2.62. The fourth-order valence-corrected chi connectivity index (χ4v) is 2.30. The van der Waals surface area contributed by atoms with Crippen LogP contribution in [0.4, 0.5) is 0 Å². The molecule has 0 aromatic rings. The molecule has 148 valence electrons. The molecule has 0 aliphatic carbocycles. The first-order valence-corrected chi connectivity index (χ1v) is 7.44. The fraction of sp³-hybridized carbons (Fsp3) is 0.923. The predicted octanol–water partition coefficient (Wildman–Crippen LogP) is -5.28. The number of carbonyl (C=O) groups is 1. The van der Waals surface area contributed by atoms with E-state index in [1.807, 2.05) is 0 Å². The van der Waals surface area contributed by atoms with Gasteiger partial charge in [0.25, 0.3) is 0 Å². The van der Waals surface area contributed by atoms with Crippen molar-refractivity contribution in [2.45, 2.75) is 68.1 Å². The number of hydrogen-bond acceptors (Lipinski definition) is 11. The van der Waals surface area contributed by atoms with Gasteiger partial charge >= 0.3 is 5.97 Å². The first kappa shape index (κ1) is 22.1. The molecule has 0 unspecified atom stereocenters. The van der Waals surface area contributed by atoms with E-state index in [-0.39, 0.29) is 0 Å². The van der Waals surface area contributed by atoms with Crippen molar-refractivity contribution in [2.75, 3.05) is 6.61 Å². The molecule has 12 heteroatoms. The van der Waals surface area contributed by atoms with Crippen LogP contribution >= 0.6 is 0 Å². The van der Waals surface area contributed by atoms with Gasteiger partial charge in [0.05, 0.1) is 12.7 Å². The van der Waals surface area contributed by atoms with E-state index >= 15 is 0 Å². The summed E-state index contributed by atoms with van der Waals surface area (Å²) in [6.07, 6.45) is -18.6. The molecule has 0 aromatic heterocycles. The highest BCUT2D eigenvalue weighted by atomic mass is 16.7. The van der Waals surface area contributed by atoms with E-state index in [4.69, 9.17) is 19.7 Å². The normalized spacial score (nSPS) is 36.3. The Kier molecular flexibility index (Phi) is 8.08. The lowest BCUT2D eigenvalue weighted by molar-refractivity contribution is -0.328. The van der Waals surface area contributed by atoms with Gasteiger partial charge in [0.2, 0.25) is 0 Å². The van der Waals surface area contributed by atoms with Gasteiger partial charge in [0, 0.05) is 0 Å². The van der Waals surface area contributed by atoms with Crippen LogP contribution in [0.5, 0.6) is 0 Å². The second-order valence-electron chi connectivity index (χ2n) is 5.80. The van der Waals surface area contributed by atoms with Crippen molar-refractivity contribution in [3.05, 3.63) is 0 Å². The van der Waals surface area contributed by atoms with E-state index in [1.54, 1.807) is 0 Å². The van der Waals surface area contributed by atoms with Crippen molar-refractivity contribution >= 4 is 5.97 Å². The van der Waals surface area contributed by atoms with Crippen molar-refractivity contribution in [1.29, 1.82) is 0 Å². The molecule has 0 spiro atoms. The maximum Gasteiger partial charge on any atom is 0.335 e. The van der Waals surface area contributed by atoms with Crippen LogP contribution in [0.15, 0.2) is 0 Å². The number of aliphatic hydroxyl groups excluding tert-OH is 8. The molecule has 10 atom stereocenters. The van der Waals surface area contributed by atoms with Crippen LogP contribution < -0.4 is 0 Å². The van der Waals surface area contributed by atoms with Gasteiger partial charge in [-0.1, -0.05) is 0 Å². The zero-order chi connectivity index (χ0) is 19.5. The quantitative estimate of drug-likeness (QED) is 0.195. The Morgan fingerprint density at radius 2 is 1.60 bits per heavy atom. The molecule has 25 heavy (non-hydrogen) atoms. The van der Waals surface area contributed by atoms with Crippen LogP contribution in [-0.4, -0.2) is 120 Å². The molecule has 1 fully saturated rings. The summed E-state index contributed by atoms with van der Waals surface area (Å²) in [7, 11) is 0. The maximum atomic E-state index is 10.8. The third kappa shape index (κ3) is 5.04.